The van der Waals surface area contributed by atoms with Crippen LogP contribution in [0.3, 0.4) is 0 Å². The van der Waals surface area contributed by atoms with Gasteiger partial charge >= 0.3 is 0 Å². The van der Waals surface area contributed by atoms with Crippen molar-refractivity contribution in [3.63, 3.8) is 0 Å². The fourth-order valence-corrected chi connectivity index (χ4v) is 2.91. The molecule has 0 aromatic carbocycles. The zero-order chi connectivity index (χ0) is 8.32. The molecule has 0 atom stereocenters. The minimum Gasteiger partial charge on any atom is -0.302 e. The second-order valence-corrected chi connectivity index (χ2v) is 6.55. The van der Waals surface area contributed by atoms with Gasteiger partial charge in [-0.25, -0.2) is 0 Å². The molecule has 0 unspecified atom stereocenters. The summed E-state index contributed by atoms with van der Waals surface area (Å²) in [7, 11) is -1.09. The maximum Gasteiger partial charge on any atom is 0.0111 e. The normalized spacial score (nSPS) is 27.8. The summed E-state index contributed by atoms with van der Waals surface area (Å²) >= 11 is 0. The predicted octanol–water partition coefficient (Wildman–Crippen LogP) is 1.44. The lowest BCUT2D eigenvalue weighted by Crippen LogP contribution is -2.37. The molecule has 0 bridgehead atoms. The van der Waals surface area contributed by atoms with Gasteiger partial charge in [0.2, 0.25) is 0 Å². The van der Waals surface area contributed by atoms with E-state index in [-0.39, 0.29) is 0 Å². The molecule has 3 nitrogen and oxygen atoms in total. The highest BCUT2D eigenvalue weighted by Crippen LogP contribution is 2.46. The Kier molecular flexibility index (Phi) is 2.90. The van der Waals surface area contributed by atoms with Crippen molar-refractivity contribution in [1.82, 2.24) is 4.90 Å². The number of hydrogen-bond acceptors (Lipinski definition) is 3. The number of rotatable bonds is 2. The van der Waals surface area contributed by atoms with Crippen LogP contribution >= 0.6 is 10.2 Å². The average Bonchev–Trinajstić information content (AvgIpc) is 2.06. The van der Waals surface area contributed by atoms with Gasteiger partial charge in [-0.15, -0.1) is 15.1 Å². The molecule has 0 N–H and O–H groups in total. The van der Waals surface area contributed by atoms with Gasteiger partial charge in [-0.05, 0) is 17.4 Å². The molecule has 0 aromatic rings. The Morgan fingerprint density at radius 3 is 2.36 bits per heavy atom. The molecule has 11 heavy (non-hydrogen) atoms. The summed E-state index contributed by atoms with van der Waals surface area (Å²) in [6, 6.07) is 0. The highest BCUT2D eigenvalue weighted by molar-refractivity contribution is 8.32. The van der Waals surface area contributed by atoms with Crippen LogP contribution in [0.4, 0.5) is 0 Å². The molecule has 0 spiro atoms. The van der Waals surface area contributed by atoms with Crippen molar-refractivity contribution in [2.75, 3.05) is 37.4 Å². The fraction of sp³-hybridized carbons (Fsp3) is 1.00. The summed E-state index contributed by atoms with van der Waals surface area (Å²) in [5, 5.41) is 0. The Morgan fingerprint density at radius 2 is 2.00 bits per heavy atom. The van der Waals surface area contributed by atoms with Crippen molar-refractivity contribution in [1.29, 1.82) is 0 Å². The highest BCUT2D eigenvalue weighted by atomic mass is 32.3. The lowest BCUT2D eigenvalue weighted by atomic mass is 10.5. The zero-order valence-corrected chi connectivity index (χ0v) is 8.06. The van der Waals surface area contributed by atoms with Gasteiger partial charge in [-0.1, -0.05) is 6.92 Å². The van der Waals surface area contributed by atoms with E-state index in [0.29, 0.717) is 0 Å². The van der Waals surface area contributed by atoms with Gasteiger partial charge in [0.1, 0.15) is 0 Å². The molecule has 0 amide bonds. The van der Waals surface area contributed by atoms with Gasteiger partial charge in [0.25, 0.3) is 0 Å². The summed E-state index contributed by atoms with van der Waals surface area (Å²) in [5.41, 5.74) is 0. The van der Waals surface area contributed by atoms with Crippen molar-refractivity contribution in [2.45, 2.75) is 6.92 Å². The van der Waals surface area contributed by atoms with Gasteiger partial charge in [0.15, 0.2) is 0 Å². The van der Waals surface area contributed by atoms with Crippen LogP contribution in [0.15, 0.2) is 4.58 Å². The van der Waals surface area contributed by atoms with Gasteiger partial charge in [0, 0.05) is 24.6 Å². The first-order chi connectivity index (χ1) is 5.20. The van der Waals surface area contributed by atoms with Crippen LogP contribution in [0.5, 0.6) is 0 Å². The maximum atomic E-state index is 10.4. The number of hydrogen-bond donors (Lipinski definition) is 0. The van der Waals surface area contributed by atoms with E-state index in [1.807, 2.05) is 6.26 Å². The van der Waals surface area contributed by atoms with Crippen molar-refractivity contribution in [3.8, 4) is 0 Å². The third-order valence-electron chi connectivity index (χ3n) is 2.32. The molecular formula is C7H16N2OS. The van der Waals surface area contributed by atoms with Crippen LogP contribution in [0.2, 0.25) is 0 Å². The van der Waals surface area contributed by atoms with Gasteiger partial charge in [-0.3, -0.25) is 0 Å². The summed E-state index contributed by atoms with van der Waals surface area (Å²) in [5.74, 6) is 2.01. The standard InChI is InChI=1S/C7H16N2OS/c1-3-9-4-6-11(2,8-10)7-5-9/h3-7H2,1-2H3. The first kappa shape index (κ1) is 9.00. The molecular weight excluding hydrogens is 160 g/mol. The highest BCUT2D eigenvalue weighted by Gasteiger charge is 2.25. The van der Waals surface area contributed by atoms with Crippen LogP contribution in [-0.2, 0) is 0 Å². The van der Waals surface area contributed by atoms with Gasteiger partial charge < -0.3 is 4.90 Å². The maximum absolute atomic E-state index is 10.4. The molecule has 1 saturated heterocycles. The van der Waals surface area contributed by atoms with E-state index in [9.17, 15) is 4.91 Å². The Labute approximate surface area is 69.6 Å². The SMILES string of the molecule is CCN1CCS(C)(N=O)CC1. The molecule has 0 aromatic heterocycles. The van der Waals surface area contributed by atoms with Crippen LogP contribution in [0.25, 0.3) is 0 Å². The molecule has 4 heteroatoms. The minimum absolute atomic E-state index is 1.00. The molecule has 1 aliphatic rings. The largest absolute Gasteiger partial charge is 0.302 e. The van der Waals surface area contributed by atoms with Crippen LogP contribution in [-0.4, -0.2) is 42.3 Å². The second kappa shape index (κ2) is 3.54. The van der Waals surface area contributed by atoms with Crippen molar-refractivity contribution < 1.29 is 0 Å². The second-order valence-electron chi connectivity index (χ2n) is 3.14. The summed E-state index contributed by atoms with van der Waals surface area (Å²) in [6.45, 7) is 5.39. The van der Waals surface area contributed by atoms with E-state index in [0.717, 1.165) is 31.1 Å². The van der Waals surface area contributed by atoms with Crippen LogP contribution in [0.1, 0.15) is 6.92 Å². The van der Waals surface area contributed by atoms with Crippen molar-refractivity contribution in [3.05, 3.63) is 4.91 Å². The molecule has 0 aliphatic carbocycles. The minimum atomic E-state index is -1.09. The molecule has 0 saturated carbocycles. The lowest BCUT2D eigenvalue weighted by molar-refractivity contribution is 0.317. The zero-order valence-electron chi connectivity index (χ0n) is 7.25. The summed E-state index contributed by atoms with van der Waals surface area (Å²) < 4.78 is 3.25. The van der Waals surface area contributed by atoms with E-state index in [4.69, 9.17) is 0 Å². The van der Waals surface area contributed by atoms with E-state index in [1.54, 1.807) is 0 Å². The Hall–Kier alpha value is -0.0900. The first-order valence-corrected chi connectivity index (χ1v) is 6.34. The van der Waals surface area contributed by atoms with Gasteiger partial charge in [0.05, 0.1) is 0 Å². The van der Waals surface area contributed by atoms with E-state index in [1.165, 1.54) is 0 Å². The number of nitrogens with zero attached hydrogens (tertiary/aromatic N) is 2. The third-order valence-corrected chi connectivity index (χ3v) is 4.81. The molecule has 1 rings (SSSR count). The monoisotopic (exact) mass is 176 g/mol. The number of nitroso groups, excluding NO2 is 1. The molecule has 1 fully saturated rings. The summed E-state index contributed by atoms with van der Waals surface area (Å²) in [4.78, 5) is 12.8. The van der Waals surface area contributed by atoms with Crippen molar-refractivity contribution >= 4 is 10.2 Å². The smallest absolute Gasteiger partial charge is 0.0111 e. The topological polar surface area (TPSA) is 32.7 Å². The van der Waals surface area contributed by atoms with Crippen molar-refractivity contribution in [2.24, 2.45) is 4.58 Å². The van der Waals surface area contributed by atoms with Crippen LogP contribution in [0, 0.1) is 4.91 Å². The Bertz CT molecular complexity index is 143. The van der Waals surface area contributed by atoms with E-state index in [2.05, 4.69) is 16.4 Å². The third kappa shape index (κ3) is 2.17. The van der Waals surface area contributed by atoms with Crippen LogP contribution < -0.4 is 0 Å². The predicted molar refractivity (Wildman–Crippen MR) is 51.2 cm³/mol. The van der Waals surface area contributed by atoms with Gasteiger partial charge in [-0.2, -0.15) is 0 Å². The molecule has 0 radical (unpaired) electrons. The molecule has 1 aliphatic heterocycles. The average molecular weight is 176 g/mol. The van der Waals surface area contributed by atoms with E-state index < -0.39 is 10.2 Å². The Morgan fingerprint density at radius 1 is 1.45 bits per heavy atom. The molecule has 66 valence electrons. The first-order valence-electron chi connectivity index (χ1n) is 4.01. The summed E-state index contributed by atoms with van der Waals surface area (Å²) in [6.07, 6.45) is 2.03. The van der Waals surface area contributed by atoms with E-state index >= 15 is 0 Å². The quantitative estimate of drug-likeness (QED) is 0.596. The molecule has 1 heterocycles. The fourth-order valence-electron chi connectivity index (χ4n) is 1.26. The lowest BCUT2D eigenvalue weighted by Gasteiger charge is -2.37. The Balaban J connectivity index is 2.41.